The fourth-order valence-corrected chi connectivity index (χ4v) is 12.2. The summed E-state index contributed by atoms with van der Waals surface area (Å²) in [6.07, 6.45) is 2.62. The van der Waals surface area contributed by atoms with Gasteiger partial charge in [0.05, 0.1) is 18.9 Å². The predicted molar refractivity (Wildman–Crippen MR) is 444 cm³/mol. The summed E-state index contributed by atoms with van der Waals surface area (Å²) < 4.78 is 0. The first-order valence-electron chi connectivity index (χ1n) is 39.9. The van der Waals surface area contributed by atoms with Crippen LogP contribution in [0, 0.1) is 17.8 Å². The van der Waals surface area contributed by atoms with E-state index in [1.165, 1.54) is 52.0 Å². The van der Waals surface area contributed by atoms with Crippen LogP contribution in [0.3, 0.4) is 0 Å². The number of imidazole rings is 1. The number of amides is 16. The molecule has 672 valence electrons. The van der Waals surface area contributed by atoms with Crippen LogP contribution >= 0.6 is 11.8 Å². The molecule has 2 aromatic rings. The first kappa shape index (κ1) is 105. The summed E-state index contributed by atoms with van der Waals surface area (Å²) in [4.78, 5) is 245. The number of hydrogen-bond acceptors (Lipinski definition) is 24. The lowest BCUT2D eigenvalue weighted by molar-refractivity contribution is -0.142. The summed E-state index contributed by atoms with van der Waals surface area (Å²) in [5, 5.41) is 55.3. The Kier molecular flexibility index (Phi) is 48.0. The molecule has 0 aliphatic carbocycles. The molecule has 44 heteroatoms. The van der Waals surface area contributed by atoms with Gasteiger partial charge in [0.15, 0.2) is 5.96 Å². The summed E-state index contributed by atoms with van der Waals surface area (Å²) in [7, 11) is 0. The number of guanidine groups is 1. The fourth-order valence-electron chi connectivity index (χ4n) is 11.7. The number of H-pyrrole nitrogens is 1. The Morgan fingerprint density at radius 2 is 0.842 bits per heavy atom. The maximum atomic E-state index is 14.9. The van der Waals surface area contributed by atoms with Gasteiger partial charge in [-0.3, -0.25) is 81.7 Å². The first-order valence-corrected chi connectivity index (χ1v) is 41.3. The molecular formula is C76H128N24O19S. The van der Waals surface area contributed by atoms with Crippen LogP contribution in [0.2, 0.25) is 0 Å². The van der Waals surface area contributed by atoms with Crippen LogP contribution in [-0.4, -0.2) is 255 Å². The number of aliphatic imine (C=N–C) groups is 1. The van der Waals surface area contributed by atoms with E-state index in [4.69, 9.17) is 40.1 Å². The van der Waals surface area contributed by atoms with Gasteiger partial charge in [0.25, 0.3) is 0 Å². The maximum Gasteiger partial charge on any atom is 0.326 e. The van der Waals surface area contributed by atoms with Crippen LogP contribution in [0.4, 0.5) is 0 Å². The molecule has 0 aliphatic heterocycles. The van der Waals surface area contributed by atoms with Gasteiger partial charge in [-0.05, 0) is 140 Å². The molecule has 0 saturated heterocycles. The van der Waals surface area contributed by atoms with Crippen molar-refractivity contribution in [1.82, 2.24) is 84.4 Å². The zero-order valence-electron chi connectivity index (χ0n) is 70.1. The molecule has 0 spiro atoms. The van der Waals surface area contributed by atoms with Crippen molar-refractivity contribution in [2.24, 2.45) is 62.9 Å². The van der Waals surface area contributed by atoms with Crippen molar-refractivity contribution in [1.29, 1.82) is 0 Å². The third-order valence-electron chi connectivity index (χ3n) is 19.2. The van der Waals surface area contributed by atoms with E-state index in [0.29, 0.717) is 24.8 Å². The first-order chi connectivity index (χ1) is 56.5. The Hall–Kier alpha value is -11.1. The maximum absolute atomic E-state index is 14.9. The average molecular weight is 1710 g/mol. The molecule has 2 rings (SSSR count). The Morgan fingerprint density at radius 3 is 1.29 bits per heavy atom. The molecule has 43 nitrogen and oxygen atoms in total. The van der Waals surface area contributed by atoms with E-state index in [9.17, 15) is 91.7 Å². The Bertz CT molecular complexity index is 3740. The molecule has 17 atom stereocenters. The number of nitrogens with two attached hydrogens (primary N) is 7. The largest absolute Gasteiger partial charge is 0.480 e. The third-order valence-corrected chi connectivity index (χ3v) is 19.9. The number of primary amides is 2. The second-order valence-electron chi connectivity index (χ2n) is 30.1. The second kappa shape index (κ2) is 54.9. The number of benzene rings is 1. The van der Waals surface area contributed by atoms with Crippen molar-refractivity contribution in [3.05, 3.63) is 54.1 Å². The van der Waals surface area contributed by atoms with Gasteiger partial charge in [-0.25, -0.2) is 9.78 Å². The van der Waals surface area contributed by atoms with Crippen LogP contribution < -0.4 is 115 Å². The van der Waals surface area contributed by atoms with Gasteiger partial charge < -0.3 is 130 Å². The molecular weight excluding hydrogens is 1590 g/mol. The lowest BCUT2D eigenvalue weighted by Gasteiger charge is -2.30. The molecule has 120 heavy (non-hydrogen) atoms. The van der Waals surface area contributed by atoms with Gasteiger partial charge in [-0.1, -0.05) is 78.3 Å². The average Bonchev–Trinajstić information content (AvgIpc) is 1.02. The summed E-state index contributed by atoms with van der Waals surface area (Å²) in [6, 6.07) is -13.4. The zero-order valence-corrected chi connectivity index (χ0v) is 70.9. The summed E-state index contributed by atoms with van der Waals surface area (Å²) >= 11 is 1.30. The van der Waals surface area contributed by atoms with Gasteiger partial charge in [-0.2, -0.15) is 11.8 Å². The normalized spacial score (nSPS) is 15.4. The number of carbonyl (C=O) groups is 17. The monoisotopic (exact) mass is 1710 g/mol. The number of unbranched alkanes of at least 4 members (excludes halogenated alkanes) is 2. The molecule has 0 unspecified atom stereocenters. The molecule has 0 fully saturated rings. The van der Waals surface area contributed by atoms with Gasteiger partial charge in [0, 0.05) is 37.7 Å². The van der Waals surface area contributed by atoms with Crippen LogP contribution in [0.1, 0.15) is 164 Å². The number of carboxylic acid groups (broad SMARTS) is 1. The lowest BCUT2D eigenvalue weighted by Crippen LogP contribution is -2.62. The Labute approximate surface area is 702 Å². The molecule has 0 saturated carbocycles. The summed E-state index contributed by atoms with van der Waals surface area (Å²) in [6.45, 7) is 15.3. The number of aliphatic carboxylic acids is 1. The smallest absolute Gasteiger partial charge is 0.326 e. The number of rotatable bonds is 58. The quantitative estimate of drug-likeness (QED) is 0.0166. The van der Waals surface area contributed by atoms with Crippen LogP contribution in [-0.2, 0) is 94.3 Å². The van der Waals surface area contributed by atoms with Crippen molar-refractivity contribution >= 4 is 118 Å². The Balaban J connectivity index is 2.48. The molecule has 1 aromatic carbocycles. The lowest BCUT2D eigenvalue weighted by atomic mass is 9.96. The van der Waals surface area contributed by atoms with E-state index in [1.54, 1.807) is 78.1 Å². The van der Waals surface area contributed by atoms with E-state index in [1.807, 2.05) is 0 Å². The van der Waals surface area contributed by atoms with Crippen molar-refractivity contribution in [3.8, 4) is 0 Å². The molecule has 0 radical (unpaired) electrons. The van der Waals surface area contributed by atoms with E-state index in [-0.39, 0.29) is 101 Å². The third kappa shape index (κ3) is 38.7. The molecule has 1 heterocycles. The molecule has 0 bridgehead atoms. The van der Waals surface area contributed by atoms with Crippen LogP contribution in [0.15, 0.2) is 47.8 Å². The number of carbonyl (C=O) groups excluding carboxylic acids is 16. The number of aromatic amines is 1. The van der Waals surface area contributed by atoms with Gasteiger partial charge in [0.1, 0.15) is 90.6 Å². The van der Waals surface area contributed by atoms with Gasteiger partial charge in [0.2, 0.25) is 94.5 Å². The van der Waals surface area contributed by atoms with Gasteiger partial charge >= 0.3 is 5.97 Å². The summed E-state index contributed by atoms with van der Waals surface area (Å²) in [5.41, 5.74) is 39.9. The highest BCUT2D eigenvalue weighted by atomic mass is 32.2. The Morgan fingerprint density at radius 1 is 0.450 bits per heavy atom. The summed E-state index contributed by atoms with van der Waals surface area (Å²) in [5.74, 6) is -18.3. The van der Waals surface area contributed by atoms with E-state index < -0.39 is 228 Å². The van der Waals surface area contributed by atoms with Gasteiger partial charge in [-0.15, -0.1) is 0 Å². The predicted octanol–water partition coefficient (Wildman–Crippen LogP) is -6.60. The molecule has 1 aromatic heterocycles. The van der Waals surface area contributed by atoms with Crippen LogP contribution in [0.25, 0.3) is 0 Å². The number of aliphatic hydroxyl groups is 1. The van der Waals surface area contributed by atoms with Crippen molar-refractivity contribution < 1.29 is 91.7 Å². The minimum atomic E-state index is -1.83. The number of aliphatic hydroxyl groups excluding tert-OH is 1. The SMILES string of the molecule is CC[C@H](C)[C@H](NC(=O)[C@H](Cc1ccccc1)NC(=O)[C@@H](NC(=O)[C@H](C)NC(=O)[C@H](CCSC)NC(=O)[C@H](CCC(N)=O)NC(=O)[C@@H](NC(=O)[C@H](C)NC(=O)[C@@H](N)[C@@H](C)O)C(C)C)C(C)C)C(=O)N[C@@H](Cc1cnc[nH]1)C(=O)N[C@@H](CC(N)=O)C(=O)N[C@@H](C)C(=O)N[C@@H](CCCCN)C(=O)N[C@@H](CCCN=C(N)N)C(=O)N[C@@H](CCCCN)C(=O)O. The minimum absolute atomic E-state index is 0.0264. The molecule has 0 aliphatic rings. The van der Waals surface area contributed by atoms with Crippen LogP contribution in [0.5, 0.6) is 0 Å². The van der Waals surface area contributed by atoms with E-state index in [0.717, 1.165) is 0 Å². The zero-order chi connectivity index (χ0) is 90.6. The second-order valence-corrected chi connectivity index (χ2v) is 31.0. The number of aromatic nitrogens is 2. The fraction of sp³-hybridized carbons (Fsp3) is 0.645. The molecule has 31 N–H and O–H groups in total. The van der Waals surface area contributed by atoms with Crippen molar-refractivity contribution in [2.75, 3.05) is 31.6 Å². The topological polar surface area (TPSA) is 722 Å². The van der Waals surface area contributed by atoms with E-state index in [2.05, 4.69) is 89.4 Å². The highest BCUT2D eigenvalue weighted by Crippen LogP contribution is 2.16. The highest BCUT2D eigenvalue weighted by molar-refractivity contribution is 7.98. The minimum Gasteiger partial charge on any atom is -0.480 e. The number of hydrogen-bond donors (Lipinski definition) is 24. The van der Waals surface area contributed by atoms with Crippen molar-refractivity contribution in [3.63, 3.8) is 0 Å². The molecule has 16 amide bonds. The van der Waals surface area contributed by atoms with E-state index >= 15 is 0 Å². The number of carboxylic acids is 1. The number of nitrogens with zero attached hydrogens (tertiary/aromatic N) is 2. The number of thioether (sulfide) groups is 1. The highest BCUT2D eigenvalue weighted by Gasteiger charge is 2.40. The standard InChI is InChI=1S/C76H128N24O19S/c1-12-40(6)60(74(117)97-53(34-46-36-84-37-86-46)69(112)95-54(35-56(80)103)68(111)88-41(7)61(104)90-47(23-16-18-29-77)65(108)91-48(25-20-31-85-76(82)83)66(109)94-51(75(118)119)24-17-19-30-78)100-70(113)52(33-45-21-14-13-15-22-45)96-73(116)59(39(4)5)99-62(105)42(8)87-64(107)50(28-32-120-11)92-67(110)49(26-27-55(79)102)93-72(115)58(38(2)3)98-63(106)43(9)89-71(114)57(81)44(10)101/h13-15,21-22,36-44,47-54,57-60,101H,12,16-20,23-35,77-78,81H2,1-11H3,(H2,79,102)(H2,80,103)(H,84,86)(H,87,107)(H,88,111)(H,89,114)(H,90,104)(H,91,108)(H,92,110)(H,93,115)(H,94,109)(H,95,112)(H,96,116)(H,97,117)(H,98,106)(H,99,105)(H,100,113)(H,118,119)(H4,82,83,85)/t40-,41-,42-,43-,44+,47-,48-,49-,50-,51-,52-,53-,54-,57-,58-,59-,60-/m0/s1. The number of nitrogens with one attached hydrogen (secondary N) is 15. The van der Waals surface area contributed by atoms with Crippen molar-refractivity contribution in [2.45, 2.75) is 262 Å².